The number of likely N-dealkylation sites (tertiary alicyclic amines) is 1. The van der Waals surface area contributed by atoms with E-state index in [1.807, 2.05) is 4.90 Å². The van der Waals surface area contributed by atoms with E-state index in [1.165, 1.54) is 19.5 Å². The summed E-state index contributed by atoms with van der Waals surface area (Å²) >= 11 is 5.66. The van der Waals surface area contributed by atoms with Crippen LogP contribution < -0.4 is 15.4 Å². The van der Waals surface area contributed by atoms with Gasteiger partial charge in [0.1, 0.15) is 28.7 Å². The van der Waals surface area contributed by atoms with E-state index in [0.29, 0.717) is 42.1 Å². The predicted molar refractivity (Wildman–Crippen MR) is 112 cm³/mol. The van der Waals surface area contributed by atoms with Gasteiger partial charge in [-0.2, -0.15) is 8.78 Å². The molecular formula is C20H18ClF4N5O2. The highest BCUT2D eigenvalue weighted by Crippen LogP contribution is 2.34. The van der Waals surface area contributed by atoms with Gasteiger partial charge >= 0.3 is 6.61 Å². The minimum Gasteiger partial charge on any atom is -0.495 e. The number of halogens is 5. The Labute approximate surface area is 185 Å². The molecule has 0 atom stereocenters. The van der Waals surface area contributed by atoms with E-state index in [4.69, 9.17) is 16.3 Å². The zero-order valence-corrected chi connectivity index (χ0v) is 17.5. The largest absolute Gasteiger partial charge is 0.495 e. The lowest BCUT2D eigenvalue weighted by Crippen LogP contribution is -2.54. The van der Waals surface area contributed by atoms with Crippen LogP contribution in [-0.4, -0.2) is 54.5 Å². The van der Waals surface area contributed by atoms with E-state index in [-0.39, 0.29) is 11.5 Å². The summed E-state index contributed by atoms with van der Waals surface area (Å²) in [5.41, 5.74) is 1.06. The summed E-state index contributed by atoms with van der Waals surface area (Å²) in [6, 6.07) is 5.66. The average Bonchev–Trinajstić information content (AvgIpc) is 2.75. The van der Waals surface area contributed by atoms with Crippen LogP contribution in [0.4, 0.5) is 34.8 Å². The molecule has 7 nitrogen and oxygen atoms in total. The lowest BCUT2D eigenvalue weighted by atomic mass is 10.1. The van der Waals surface area contributed by atoms with Crippen molar-refractivity contribution in [2.24, 2.45) is 0 Å². The van der Waals surface area contributed by atoms with Gasteiger partial charge in [0.2, 0.25) is 0 Å². The third-order valence-corrected chi connectivity index (χ3v) is 5.30. The van der Waals surface area contributed by atoms with Crippen molar-refractivity contribution in [1.82, 2.24) is 14.9 Å². The molecule has 0 radical (unpaired) electrons. The van der Waals surface area contributed by atoms with Crippen molar-refractivity contribution >= 4 is 39.7 Å². The van der Waals surface area contributed by atoms with Crippen LogP contribution in [0.15, 0.2) is 30.6 Å². The van der Waals surface area contributed by atoms with Crippen LogP contribution in [-0.2, 0) is 4.74 Å². The monoisotopic (exact) mass is 471 g/mol. The molecule has 1 fully saturated rings. The molecule has 32 heavy (non-hydrogen) atoms. The normalized spacial score (nSPS) is 14.6. The molecule has 170 valence electrons. The smallest absolute Gasteiger partial charge is 0.345 e. The van der Waals surface area contributed by atoms with Crippen molar-refractivity contribution in [2.45, 2.75) is 12.7 Å². The van der Waals surface area contributed by atoms with Crippen LogP contribution in [0.5, 0.6) is 5.75 Å². The third-order valence-electron chi connectivity index (χ3n) is 4.96. The molecule has 1 saturated heterocycles. The van der Waals surface area contributed by atoms with Crippen molar-refractivity contribution in [3.63, 3.8) is 0 Å². The van der Waals surface area contributed by atoms with Crippen molar-refractivity contribution in [2.75, 3.05) is 37.5 Å². The Morgan fingerprint density at radius 3 is 2.69 bits per heavy atom. The third kappa shape index (κ3) is 4.64. The summed E-state index contributed by atoms with van der Waals surface area (Å²) in [7, 11) is 1.50. The summed E-state index contributed by atoms with van der Waals surface area (Å²) < 4.78 is 62.2. The number of rotatable bonds is 8. The van der Waals surface area contributed by atoms with Crippen molar-refractivity contribution in [1.29, 1.82) is 0 Å². The maximum atomic E-state index is 14.3. The summed E-state index contributed by atoms with van der Waals surface area (Å²) in [4.78, 5) is 10.3. The first-order valence-corrected chi connectivity index (χ1v) is 9.86. The van der Waals surface area contributed by atoms with Gasteiger partial charge in [-0.15, -0.1) is 0 Å². The molecule has 1 aliphatic rings. The molecule has 12 heteroatoms. The van der Waals surface area contributed by atoms with Crippen LogP contribution in [0.1, 0.15) is 0 Å². The van der Waals surface area contributed by atoms with Gasteiger partial charge in [-0.1, -0.05) is 11.6 Å². The van der Waals surface area contributed by atoms with E-state index in [0.717, 1.165) is 6.07 Å². The van der Waals surface area contributed by atoms with Crippen LogP contribution >= 0.6 is 11.6 Å². The molecule has 4 rings (SSSR count). The number of alkyl halides is 2. The van der Waals surface area contributed by atoms with E-state index >= 15 is 0 Å². The maximum Gasteiger partial charge on any atom is 0.345 e. The second-order valence-electron chi connectivity index (χ2n) is 7.03. The maximum absolute atomic E-state index is 14.3. The van der Waals surface area contributed by atoms with Crippen molar-refractivity contribution in [3.8, 4) is 5.75 Å². The highest BCUT2D eigenvalue weighted by atomic mass is 35.5. The van der Waals surface area contributed by atoms with Gasteiger partial charge in [-0.05, 0) is 18.2 Å². The minimum absolute atomic E-state index is 0.0487. The Bertz CT molecular complexity index is 1130. The highest BCUT2D eigenvalue weighted by Gasteiger charge is 2.29. The fourth-order valence-corrected chi connectivity index (χ4v) is 3.49. The summed E-state index contributed by atoms with van der Waals surface area (Å²) in [5.74, 6) is -1.04. The molecule has 1 aliphatic heterocycles. The molecule has 0 aliphatic carbocycles. The standard InChI is InChI=1S/C20H18ClF4N5O2/c1-31-16-5-14-11(4-15(16)28-9-30-6-10(7-30)32-20(24)25)19(27-8-26-14)29-13-3-2-12(22)17(21)18(13)23/h2-5,8,10,20,28H,6-7,9H2,1H3,(H,26,27,29). The molecule has 2 aromatic carbocycles. The Morgan fingerprint density at radius 2 is 1.97 bits per heavy atom. The number of hydrogen-bond acceptors (Lipinski definition) is 7. The van der Waals surface area contributed by atoms with Crippen LogP contribution in [0.25, 0.3) is 10.9 Å². The molecule has 0 unspecified atom stereocenters. The van der Waals surface area contributed by atoms with E-state index in [1.54, 1.807) is 12.1 Å². The van der Waals surface area contributed by atoms with Crippen molar-refractivity contribution in [3.05, 3.63) is 47.2 Å². The second kappa shape index (κ2) is 9.31. The van der Waals surface area contributed by atoms with E-state index in [2.05, 4.69) is 25.3 Å². The van der Waals surface area contributed by atoms with Gasteiger partial charge < -0.3 is 20.1 Å². The highest BCUT2D eigenvalue weighted by molar-refractivity contribution is 6.31. The van der Waals surface area contributed by atoms with E-state index < -0.39 is 29.4 Å². The number of hydrogen-bond donors (Lipinski definition) is 2. The molecule has 0 saturated carbocycles. The van der Waals surface area contributed by atoms with Crippen molar-refractivity contribution < 1.29 is 27.0 Å². The Kier molecular flexibility index (Phi) is 6.49. The number of ether oxygens (including phenoxy) is 2. The van der Waals surface area contributed by atoms with Crippen LogP contribution in [0.2, 0.25) is 5.02 Å². The lowest BCUT2D eigenvalue weighted by molar-refractivity contribution is -0.194. The molecule has 0 bridgehead atoms. The summed E-state index contributed by atoms with van der Waals surface area (Å²) in [6.45, 7) is -1.69. The topological polar surface area (TPSA) is 71.5 Å². The number of nitrogens with one attached hydrogen (secondary N) is 2. The number of fused-ring (bicyclic) bond motifs is 1. The van der Waals surface area contributed by atoms with Crippen LogP contribution in [0.3, 0.4) is 0 Å². The van der Waals surface area contributed by atoms with Crippen LogP contribution in [0, 0.1) is 11.6 Å². The van der Waals surface area contributed by atoms with E-state index in [9.17, 15) is 17.6 Å². The van der Waals surface area contributed by atoms with Gasteiger partial charge in [0.15, 0.2) is 5.82 Å². The van der Waals surface area contributed by atoms with Gasteiger partial charge in [0, 0.05) is 24.5 Å². The second-order valence-corrected chi connectivity index (χ2v) is 7.41. The fraction of sp³-hybridized carbons (Fsp3) is 0.300. The molecule has 2 N–H and O–H groups in total. The zero-order valence-electron chi connectivity index (χ0n) is 16.7. The number of anilines is 3. The van der Waals surface area contributed by atoms with Gasteiger partial charge in [0.05, 0.1) is 36.8 Å². The number of benzene rings is 2. The first kappa shape index (κ1) is 22.3. The Hall–Kier alpha value is -2.89. The lowest BCUT2D eigenvalue weighted by Gasteiger charge is -2.38. The minimum atomic E-state index is -2.79. The predicted octanol–water partition coefficient (Wildman–Crippen LogP) is 4.61. The molecule has 3 aromatic rings. The number of aromatic nitrogens is 2. The molecule has 2 heterocycles. The Balaban J connectivity index is 1.56. The Morgan fingerprint density at radius 1 is 1.19 bits per heavy atom. The first-order chi connectivity index (χ1) is 15.4. The summed E-state index contributed by atoms with van der Waals surface area (Å²) in [5, 5.41) is 5.91. The van der Waals surface area contributed by atoms with Gasteiger partial charge in [0.25, 0.3) is 0 Å². The fourth-order valence-electron chi connectivity index (χ4n) is 3.32. The molecule has 1 aromatic heterocycles. The first-order valence-electron chi connectivity index (χ1n) is 9.48. The quantitative estimate of drug-likeness (QED) is 0.367. The SMILES string of the molecule is COc1cc2ncnc(Nc3ccc(F)c(Cl)c3F)c2cc1NCN1CC(OC(F)F)C1. The summed E-state index contributed by atoms with van der Waals surface area (Å²) in [6.07, 6.45) is 0.792. The number of methoxy groups -OCH3 is 1. The molecule has 0 spiro atoms. The number of nitrogens with zero attached hydrogens (tertiary/aromatic N) is 3. The zero-order chi connectivity index (χ0) is 22.8. The average molecular weight is 472 g/mol. The molecule has 0 amide bonds. The van der Waals surface area contributed by atoms with Gasteiger partial charge in [-0.25, -0.2) is 18.7 Å². The van der Waals surface area contributed by atoms with Gasteiger partial charge in [-0.3, -0.25) is 4.90 Å². The molecular weight excluding hydrogens is 454 g/mol.